The largest absolute Gasteiger partial charge is 0.355 e. The van der Waals surface area contributed by atoms with Crippen LogP contribution in [0.3, 0.4) is 0 Å². The van der Waals surface area contributed by atoms with Crippen LogP contribution < -0.4 is 5.32 Å². The second-order valence-electron chi connectivity index (χ2n) is 5.66. The van der Waals surface area contributed by atoms with Crippen LogP contribution in [0.15, 0.2) is 0 Å². The molecule has 0 aromatic rings. The average Bonchev–Trinajstić information content (AvgIpc) is 2.10. The standard InChI is InChI=1S/C12H24BrNO/c1-8(2)10(13)11(15)14-7-9(3)12(4,5)6/h8-10H,7H2,1-6H3,(H,14,15). The zero-order valence-electron chi connectivity index (χ0n) is 10.7. The van der Waals surface area contributed by atoms with Gasteiger partial charge in [-0.2, -0.15) is 0 Å². The highest BCUT2D eigenvalue weighted by Gasteiger charge is 2.23. The van der Waals surface area contributed by atoms with Gasteiger partial charge in [0.2, 0.25) is 5.91 Å². The van der Waals surface area contributed by atoms with Crippen molar-refractivity contribution in [1.29, 1.82) is 0 Å². The normalized spacial score (nSPS) is 16.3. The fourth-order valence-electron chi connectivity index (χ4n) is 0.960. The highest BCUT2D eigenvalue weighted by Crippen LogP contribution is 2.24. The Labute approximate surface area is 102 Å². The molecular formula is C12H24BrNO. The molecule has 2 nitrogen and oxygen atoms in total. The van der Waals surface area contributed by atoms with Crippen molar-refractivity contribution in [2.24, 2.45) is 17.3 Å². The summed E-state index contributed by atoms with van der Waals surface area (Å²) in [6, 6.07) is 0. The molecule has 0 aromatic heterocycles. The molecule has 0 aliphatic heterocycles. The third kappa shape index (κ3) is 5.55. The molecule has 0 fully saturated rings. The van der Waals surface area contributed by atoms with Crippen molar-refractivity contribution >= 4 is 21.8 Å². The first-order valence-corrected chi connectivity index (χ1v) is 6.49. The maximum atomic E-state index is 11.7. The molecular weight excluding hydrogens is 254 g/mol. The van der Waals surface area contributed by atoms with Crippen molar-refractivity contribution in [3.8, 4) is 0 Å². The first kappa shape index (κ1) is 14.9. The van der Waals surface area contributed by atoms with E-state index in [9.17, 15) is 4.79 Å². The zero-order chi connectivity index (χ0) is 12.2. The van der Waals surface area contributed by atoms with Gasteiger partial charge in [0, 0.05) is 6.54 Å². The van der Waals surface area contributed by atoms with E-state index < -0.39 is 0 Å². The van der Waals surface area contributed by atoms with Crippen LogP contribution in [0.2, 0.25) is 0 Å². The molecule has 1 N–H and O–H groups in total. The smallest absolute Gasteiger partial charge is 0.234 e. The second-order valence-corrected chi connectivity index (χ2v) is 6.64. The van der Waals surface area contributed by atoms with Gasteiger partial charge in [-0.25, -0.2) is 0 Å². The Morgan fingerprint density at radius 3 is 2.07 bits per heavy atom. The number of hydrogen-bond acceptors (Lipinski definition) is 1. The lowest BCUT2D eigenvalue weighted by Crippen LogP contribution is -2.39. The van der Waals surface area contributed by atoms with Gasteiger partial charge in [-0.3, -0.25) is 4.79 Å². The predicted octanol–water partition coefficient (Wildman–Crippen LogP) is 3.20. The lowest BCUT2D eigenvalue weighted by molar-refractivity contribution is -0.121. The summed E-state index contributed by atoms with van der Waals surface area (Å²) in [6.07, 6.45) is 0. The van der Waals surface area contributed by atoms with Gasteiger partial charge in [0.1, 0.15) is 0 Å². The quantitative estimate of drug-likeness (QED) is 0.786. The SMILES string of the molecule is CC(C)C(Br)C(=O)NCC(C)C(C)(C)C. The van der Waals surface area contributed by atoms with Crippen LogP contribution in [-0.2, 0) is 4.79 Å². The molecule has 0 rings (SSSR count). The van der Waals surface area contributed by atoms with E-state index in [0.29, 0.717) is 11.8 Å². The summed E-state index contributed by atoms with van der Waals surface area (Å²) in [5, 5.41) is 2.98. The second kappa shape index (κ2) is 5.88. The molecule has 0 radical (unpaired) electrons. The molecule has 2 atom stereocenters. The molecule has 1 amide bonds. The Balaban J connectivity index is 4.02. The monoisotopic (exact) mass is 277 g/mol. The van der Waals surface area contributed by atoms with Gasteiger partial charge in [0.15, 0.2) is 0 Å². The van der Waals surface area contributed by atoms with Crippen molar-refractivity contribution in [2.45, 2.75) is 46.4 Å². The van der Waals surface area contributed by atoms with E-state index in [1.165, 1.54) is 0 Å². The highest BCUT2D eigenvalue weighted by atomic mass is 79.9. The van der Waals surface area contributed by atoms with Gasteiger partial charge in [-0.15, -0.1) is 0 Å². The maximum Gasteiger partial charge on any atom is 0.234 e. The van der Waals surface area contributed by atoms with E-state index in [0.717, 1.165) is 6.54 Å². The van der Waals surface area contributed by atoms with Gasteiger partial charge >= 0.3 is 0 Å². The van der Waals surface area contributed by atoms with Crippen LogP contribution >= 0.6 is 15.9 Å². The van der Waals surface area contributed by atoms with Crippen LogP contribution in [0.5, 0.6) is 0 Å². The van der Waals surface area contributed by atoms with Gasteiger partial charge in [-0.05, 0) is 17.3 Å². The fourth-order valence-corrected chi connectivity index (χ4v) is 1.12. The van der Waals surface area contributed by atoms with Crippen LogP contribution in [0.1, 0.15) is 41.5 Å². The summed E-state index contributed by atoms with van der Waals surface area (Å²) in [4.78, 5) is 11.6. The molecule has 2 unspecified atom stereocenters. The number of amides is 1. The lowest BCUT2D eigenvalue weighted by Gasteiger charge is -2.28. The van der Waals surface area contributed by atoms with Crippen molar-refractivity contribution < 1.29 is 4.79 Å². The fraction of sp³-hybridized carbons (Fsp3) is 0.917. The summed E-state index contributed by atoms with van der Waals surface area (Å²) in [5.41, 5.74) is 0.243. The predicted molar refractivity (Wildman–Crippen MR) is 69.2 cm³/mol. The minimum atomic E-state index is -0.0790. The van der Waals surface area contributed by atoms with Crippen molar-refractivity contribution in [2.75, 3.05) is 6.54 Å². The average molecular weight is 278 g/mol. The van der Waals surface area contributed by atoms with Crippen LogP contribution in [0.25, 0.3) is 0 Å². The number of carbonyl (C=O) groups is 1. The molecule has 3 heteroatoms. The Hall–Kier alpha value is -0.0500. The van der Waals surface area contributed by atoms with Gasteiger partial charge in [0.05, 0.1) is 4.83 Å². The zero-order valence-corrected chi connectivity index (χ0v) is 12.3. The molecule has 0 aliphatic rings. The van der Waals surface area contributed by atoms with Crippen LogP contribution in [0, 0.1) is 17.3 Å². The van der Waals surface area contributed by atoms with E-state index in [-0.39, 0.29) is 16.1 Å². The first-order chi connectivity index (χ1) is 6.66. The molecule has 0 bridgehead atoms. The third-order valence-corrected chi connectivity index (χ3v) is 4.37. The number of nitrogens with one attached hydrogen (secondary N) is 1. The minimum Gasteiger partial charge on any atom is -0.355 e. The Morgan fingerprint density at radius 2 is 1.73 bits per heavy atom. The van der Waals surface area contributed by atoms with Gasteiger partial charge in [0.25, 0.3) is 0 Å². The van der Waals surface area contributed by atoms with Crippen LogP contribution in [0.4, 0.5) is 0 Å². The Morgan fingerprint density at radius 1 is 1.27 bits per heavy atom. The van der Waals surface area contributed by atoms with Crippen molar-refractivity contribution in [1.82, 2.24) is 5.32 Å². The van der Waals surface area contributed by atoms with E-state index in [2.05, 4.69) is 48.9 Å². The first-order valence-electron chi connectivity index (χ1n) is 5.58. The number of hydrogen-bond donors (Lipinski definition) is 1. The van der Waals surface area contributed by atoms with Crippen molar-refractivity contribution in [3.05, 3.63) is 0 Å². The van der Waals surface area contributed by atoms with E-state index in [1.54, 1.807) is 0 Å². The van der Waals surface area contributed by atoms with E-state index in [4.69, 9.17) is 0 Å². The molecule has 0 saturated heterocycles. The number of halogens is 1. The number of alkyl halides is 1. The van der Waals surface area contributed by atoms with Crippen LogP contribution in [-0.4, -0.2) is 17.3 Å². The molecule has 0 heterocycles. The molecule has 0 aromatic carbocycles. The number of rotatable bonds is 4. The van der Waals surface area contributed by atoms with Gasteiger partial charge < -0.3 is 5.32 Å². The highest BCUT2D eigenvalue weighted by molar-refractivity contribution is 9.10. The summed E-state index contributed by atoms with van der Waals surface area (Å²) in [6.45, 7) is 13.6. The summed E-state index contributed by atoms with van der Waals surface area (Å²) in [7, 11) is 0. The summed E-state index contributed by atoms with van der Waals surface area (Å²) in [5.74, 6) is 0.907. The van der Waals surface area contributed by atoms with E-state index in [1.807, 2.05) is 13.8 Å². The Kier molecular flexibility index (Phi) is 5.86. The third-order valence-electron chi connectivity index (χ3n) is 2.90. The lowest BCUT2D eigenvalue weighted by atomic mass is 9.82. The summed E-state index contributed by atoms with van der Waals surface area (Å²) < 4.78 is 0. The molecule has 15 heavy (non-hydrogen) atoms. The molecule has 90 valence electrons. The summed E-state index contributed by atoms with van der Waals surface area (Å²) >= 11 is 3.40. The molecule has 0 spiro atoms. The topological polar surface area (TPSA) is 29.1 Å². The van der Waals surface area contributed by atoms with Crippen molar-refractivity contribution in [3.63, 3.8) is 0 Å². The van der Waals surface area contributed by atoms with E-state index >= 15 is 0 Å². The van der Waals surface area contributed by atoms with Gasteiger partial charge in [-0.1, -0.05) is 57.5 Å². The Bertz CT molecular complexity index is 208. The number of carbonyl (C=O) groups excluding carboxylic acids is 1. The minimum absolute atomic E-state index is 0.0790. The molecule has 0 saturated carbocycles. The molecule has 0 aliphatic carbocycles. The maximum absolute atomic E-state index is 11.7.